The molecule has 0 bridgehead atoms. The molecule has 1 aromatic rings. The first-order valence-electron chi connectivity index (χ1n) is 4.89. The van der Waals surface area contributed by atoms with Crippen LogP contribution in [0, 0.1) is 5.92 Å². The summed E-state index contributed by atoms with van der Waals surface area (Å²) in [7, 11) is 2.97. The van der Waals surface area contributed by atoms with E-state index in [1.54, 1.807) is 13.2 Å². The standard InChI is InChI=1S/C10H12N2O4/c1-12-4-7(5-3-6(5)9(13)14)8(11-12)10(15)16-2/h4-6H,3H2,1-2H3,(H,13,14)/t5-,6-/m1/s1. The van der Waals surface area contributed by atoms with E-state index in [2.05, 4.69) is 9.84 Å². The van der Waals surface area contributed by atoms with Gasteiger partial charge in [0, 0.05) is 24.7 Å². The Balaban J connectivity index is 2.28. The summed E-state index contributed by atoms with van der Waals surface area (Å²) in [5.74, 6) is -1.86. The van der Waals surface area contributed by atoms with Crippen LogP contribution in [0.15, 0.2) is 6.20 Å². The molecule has 0 aliphatic heterocycles. The summed E-state index contributed by atoms with van der Waals surface area (Å²) in [6.45, 7) is 0. The lowest BCUT2D eigenvalue weighted by atomic mass is 10.1. The molecule has 1 fully saturated rings. The minimum atomic E-state index is -0.829. The molecule has 16 heavy (non-hydrogen) atoms. The fraction of sp³-hybridized carbons (Fsp3) is 0.500. The number of hydrogen-bond acceptors (Lipinski definition) is 4. The lowest BCUT2D eigenvalue weighted by molar-refractivity contribution is -0.138. The first-order chi connectivity index (χ1) is 7.54. The Morgan fingerprint density at radius 1 is 1.62 bits per heavy atom. The van der Waals surface area contributed by atoms with E-state index in [-0.39, 0.29) is 11.6 Å². The Hall–Kier alpha value is -1.85. The molecule has 6 nitrogen and oxygen atoms in total. The molecule has 1 N–H and O–H groups in total. The van der Waals surface area contributed by atoms with E-state index in [1.807, 2.05) is 0 Å². The predicted octanol–water partition coefficient (Wildman–Crippen LogP) is 0.395. The van der Waals surface area contributed by atoms with Crippen LogP contribution in [0.1, 0.15) is 28.4 Å². The molecule has 2 atom stereocenters. The summed E-state index contributed by atoms with van der Waals surface area (Å²) >= 11 is 0. The molecule has 1 aromatic heterocycles. The number of aryl methyl sites for hydroxylation is 1. The second kappa shape index (κ2) is 3.62. The smallest absolute Gasteiger partial charge is 0.358 e. The average Bonchev–Trinajstić information content (AvgIpc) is 2.95. The van der Waals surface area contributed by atoms with E-state index in [9.17, 15) is 9.59 Å². The zero-order chi connectivity index (χ0) is 11.9. The van der Waals surface area contributed by atoms with Crippen LogP contribution >= 0.6 is 0 Å². The van der Waals surface area contributed by atoms with Gasteiger partial charge in [-0.3, -0.25) is 9.48 Å². The van der Waals surface area contributed by atoms with Gasteiger partial charge in [0.2, 0.25) is 0 Å². The highest BCUT2D eigenvalue weighted by Crippen LogP contribution is 2.48. The zero-order valence-electron chi connectivity index (χ0n) is 9.01. The van der Waals surface area contributed by atoms with Crippen LogP contribution in [-0.2, 0) is 16.6 Å². The fourth-order valence-corrected chi connectivity index (χ4v) is 1.85. The van der Waals surface area contributed by atoms with E-state index in [1.165, 1.54) is 11.8 Å². The molecule has 0 aromatic carbocycles. The van der Waals surface area contributed by atoms with Gasteiger partial charge in [0.05, 0.1) is 13.0 Å². The summed E-state index contributed by atoms with van der Waals surface area (Å²) in [4.78, 5) is 22.2. The van der Waals surface area contributed by atoms with Crippen molar-refractivity contribution in [1.82, 2.24) is 9.78 Å². The molecule has 0 unspecified atom stereocenters. The first-order valence-corrected chi connectivity index (χ1v) is 4.89. The fourth-order valence-electron chi connectivity index (χ4n) is 1.85. The van der Waals surface area contributed by atoms with E-state index in [4.69, 9.17) is 5.11 Å². The third-order valence-electron chi connectivity index (χ3n) is 2.74. The van der Waals surface area contributed by atoms with Crippen LogP contribution in [0.4, 0.5) is 0 Å². The van der Waals surface area contributed by atoms with Crippen molar-refractivity contribution in [2.24, 2.45) is 13.0 Å². The molecule has 1 saturated carbocycles. The van der Waals surface area contributed by atoms with Crippen molar-refractivity contribution in [3.05, 3.63) is 17.5 Å². The number of rotatable bonds is 3. The predicted molar refractivity (Wildman–Crippen MR) is 53.0 cm³/mol. The van der Waals surface area contributed by atoms with Gasteiger partial charge in [-0.1, -0.05) is 0 Å². The van der Waals surface area contributed by atoms with Crippen molar-refractivity contribution in [2.45, 2.75) is 12.3 Å². The molecule has 86 valence electrons. The van der Waals surface area contributed by atoms with Crippen LogP contribution in [0.25, 0.3) is 0 Å². The maximum Gasteiger partial charge on any atom is 0.358 e. The lowest BCUT2D eigenvalue weighted by Crippen LogP contribution is -2.06. The summed E-state index contributed by atoms with van der Waals surface area (Å²) in [6, 6.07) is 0. The van der Waals surface area contributed by atoms with Gasteiger partial charge in [0.1, 0.15) is 0 Å². The second-order valence-electron chi connectivity index (χ2n) is 3.89. The van der Waals surface area contributed by atoms with Gasteiger partial charge in [-0.25, -0.2) is 4.79 Å². The van der Waals surface area contributed by atoms with E-state index in [0.29, 0.717) is 12.0 Å². The third-order valence-corrected chi connectivity index (χ3v) is 2.74. The molecule has 1 aliphatic rings. The van der Waals surface area contributed by atoms with E-state index in [0.717, 1.165) is 0 Å². The number of methoxy groups -OCH3 is 1. The van der Waals surface area contributed by atoms with Crippen molar-refractivity contribution in [3.8, 4) is 0 Å². The number of carbonyl (C=O) groups is 2. The number of aliphatic carboxylic acids is 1. The van der Waals surface area contributed by atoms with Crippen molar-refractivity contribution in [3.63, 3.8) is 0 Å². The minimum absolute atomic E-state index is 0.111. The topological polar surface area (TPSA) is 81.4 Å². The largest absolute Gasteiger partial charge is 0.481 e. The number of ether oxygens (including phenoxy) is 1. The van der Waals surface area contributed by atoms with Gasteiger partial charge in [0.15, 0.2) is 5.69 Å². The Morgan fingerprint density at radius 3 is 2.81 bits per heavy atom. The van der Waals surface area contributed by atoms with Gasteiger partial charge in [-0.15, -0.1) is 0 Å². The number of hydrogen-bond donors (Lipinski definition) is 1. The van der Waals surface area contributed by atoms with Crippen LogP contribution in [0.2, 0.25) is 0 Å². The highest BCUT2D eigenvalue weighted by molar-refractivity contribution is 5.89. The maximum atomic E-state index is 11.4. The van der Waals surface area contributed by atoms with E-state index >= 15 is 0 Å². The average molecular weight is 224 g/mol. The molecular formula is C10H12N2O4. The molecular weight excluding hydrogens is 212 g/mol. The monoisotopic (exact) mass is 224 g/mol. The van der Waals surface area contributed by atoms with Crippen LogP contribution in [0.3, 0.4) is 0 Å². The number of esters is 1. The first kappa shape index (κ1) is 10.7. The molecule has 0 radical (unpaired) electrons. The second-order valence-corrected chi connectivity index (χ2v) is 3.89. The Bertz CT molecular complexity index is 452. The van der Waals surface area contributed by atoms with Crippen molar-refractivity contribution >= 4 is 11.9 Å². The number of carboxylic acid groups (broad SMARTS) is 1. The highest BCUT2D eigenvalue weighted by atomic mass is 16.5. The molecule has 2 rings (SSSR count). The quantitative estimate of drug-likeness (QED) is 0.751. The van der Waals surface area contributed by atoms with Crippen LogP contribution < -0.4 is 0 Å². The number of carboxylic acids is 1. The minimum Gasteiger partial charge on any atom is -0.481 e. The van der Waals surface area contributed by atoms with Gasteiger partial charge in [-0.2, -0.15) is 5.10 Å². The van der Waals surface area contributed by atoms with Crippen molar-refractivity contribution < 1.29 is 19.4 Å². The lowest BCUT2D eigenvalue weighted by Gasteiger charge is -1.97. The molecule has 6 heteroatoms. The molecule has 0 saturated heterocycles. The zero-order valence-corrected chi connectivity index (χ0v) is 9.01. The normalized spacial score (nSPS) is 22.9. The van der Waals surface area contributed by atoms with E-state index < -0.39 is 17.9 Å². The number of carbonyl (C=O) groups excluding carboxylic acids is 1. The van der Waals surface area contributed by atoms with Crippen LogP contribution in [-0.4, -0.2) is 33.9 Å². The summed E-state index contributed by atoms with van der Waals surface area (Å²) in [6.07, 6.45) is 2.24. The SMILES string of the molecule is COC(=O)c1nn(C)cc1[C@@H]1C[C@H]1C(=O)O. The van der Waals surface area contributed by atoms with Crippen LogP contribution in [0.5, 0.6) is 0 Å². The molecule has 0 amide bonds. The molecule has 1 heterocycles. The highest BCUT2D eigenvalue weighted by Gasteiger charge is 2.46. The van der Waals surface area contributed by atoms with Gasteiger partial charge < -0.3 is 9.84 Å². The Labute approximate surface area is 91.8 Å². The summed E-state index contributed by atoms with van der Waals surface area (Å²) < 4.78 is 6.10. The summed E-state index contributed by atoms with van der Waals surface area (Å²) in [5, 5.41) is 12.8. The molecule has 0 spiro atoms. The number of aromatic nitrogens is 2. The van der Waals surface area contributed by atoms with Gasteiger partial charge in [-0.05, 0) is 6.42 Å². The van der Waals surface area contributed by atoms with Gasteiger partial charge >= 0.3 is 11.9 Å². The maximum absolute atomic E-state index is 11.4. The van der Waals surface area contributed by atoms with Gasteiger partial charge in [0.25, 0.3) is 0 Å². The Kier molecular flexibility index (Phi) is 2.41. The summed E-state index contributed by atoms with van der Waals surface area (Å²) in [5.41, 5.74) is 0.889. The Morgan fingerprint density at radius 2 is 2.31 bits per heavy atom. The molecule has 1 aliphatic carbocycles. The third kappa shape index (κ3) is 1.66. The van der Waals surface area contributed by atoms with Crippen molar-refractivity contribution in [2.75, 3.05) is 7.11 Å². The number of nitrogens with zero attached hydrogens (tertiary/aromatic N) is 2. The van der Waals surface area contributed by atoms with Crippen molar-refractivity contribution in [1.29, 1.82) is 0 Å².